The predicted octanol–water partition coefficient (Wildman–Crippen LogP) is 2.93. The molecule has 1 saturated carbocycles. The number of rotatable bonds is 5. The highest BCUT2D eigenvalue weighted by Gasteiger charge is 2.29. The molecule has 20 heavy (non-hydrogen) atoms. The van der Waals surface area contributed by atoms with E-state index in [-0.39, 0.29) is 0 Å². The molecule has 1 aliphatic carbocycles. The average Bonchev–Trinajstić information content (AvgIpc) is 3.21. The third kappa shape index (κ3) is 2.78. The van der Waals surface area contributed by atoms with E-state index in [1.165, 1.54) is 12.8 Å². The fourth-order valence-electron chi connectivity index (χ4n) is 2.01. The zero-order valence-corrected chi connectivity index (χ0v) is 13.4. The Hall–Kier alpha value is -1.21. The number of benzene rings is 1. The topological polar surface area (TPSA) is 66.0 Å². The van der Waals surface area contributed by atoms with Gasteiger partial charge in [-0.15, -0.1) is 10.2 Å². The van der Waals surface area contributed by atoms with Crippen molar-refractivity contribution in [1.82, 2.24) is 14.9 Å². The maximum absolute atomic E-state index is 6.04. The van der Waals surface area contributed by atoms with E-state index in [0.29, 0.717) is 5.92 Å². The van der Waals surface area contributed by atoms with Crippen molar-refractivity contribution in [1.29, 1.82) is 0 Å². The summed E-state index contributed by atoms with van der Waals surface area (Å²) in [5, 5.41) is 9.09. The Morgan fingerprint density at radius 2 is 2.25 bits per heavy atom. The minimum Gasteiger partial charge on any atom is -0.496 e. The van der Waals surface area contributed by atoms with E-state index in [1.807, 2.05) is 18.2 Å². The maximum atomic E-state index is 6.04. The minimum atomic E-state index is 0.502. The van der Waals surface area contributed by atoms with Crippen LogP contribution < -0.4 is 10.6 Å². The monoisotopic (exact) mass is 354 g/mol. The second-order valence-electron chi connectivity index (χ2n) is 4.73. The van der Waals surface area contributed by atoms with Gasteiger partial charge in [0.1, 0.15) is 5.75 Å². The lowest BCUT2D eigenvalue weighted by Crippen LogP contribution is -2.13. The van der Waals surface area contributed by atoms with Crippen LogP contribution in [0.1, 0.15) is 30.1 Å². The first-order chi connectivity index (χ1) is 9.69. The van der Waals surface area contributed by atoms with Crippen molar-refractivity contribution in [2.45, 2.75) is 29.7 Å². The van der Waals surface area contributed by atoms with Gasteiger partial charge in [0.15, 0.2) is 5.82 Å². The van der Waals surface area contributed by atoms with Crippen LogP contribution >= 0.6 is 27.7 Å². The number of methoxy groups -OCH3 is 1. The predicted molar refractivity (Wildman–Crippen MR) is 82.4 cm³/mol. The van der Waals surface area contributed by atoms with Crippen LogP contribution in [0, 0.1) is 0 Å². The quantitative estimate of drug-likeness (QED) is 0.660. The van der Waals surface area contributed by atoms with Crippen molar-refractivity contribution in [3.8, 4) is 5.75 Å². The van der Waals surface area contributed by atoms with Gasteiger partial charge in [-0.2, -0.15) is 0 Å². The van der Waals surface area contributed by atoms with Crippen LogP contribution in [-0.4, -0.2) is 22.0 Å². The summed E-state index contributed by atoms with van der Waals surface area (Å²) in [7, 11) is 1.67. The number of ether oxygens (including phenoxy) is 1. The van der Waals surface area contributed by atoms with Crippen LogP contribution in [0.3, 0.4) is 0 Å². The number of hydrogen-bond donors (Lipinski definition) is 1. The van der Waals surface area contributed by atoms with Crippen molar-refractivity contribution in [3.63, 3.8) is 0 Å². The van der Waals surface area contributed by atoms with Gasteiger partial charge in [0.2, 0.25) is 5.16 Å². The molecular weight excluding hydrogens is 340 g/mol. The van der Waals surface area contributed by atoms with Crippen molar-refractivity contribution >= 4 is 27.7 Å². The molecule has 1 aliphatic rings. The molecule has 0 radical (unpaired) electrons. The smallest absolute Gasteiger partial charge is 0.210 e. The van der Waals surface area contributed by atoms with Gasteiger partial charge in [-0.3, -0.25) is 0 Å². The molecule has 5 nitrogen and oxygen atoms in total. The van der Waals surface area contributed by atoms with Gasteiger partial charge < -0.3 is 10.6 Å². The SMILES string of the molecule is COc1ccc(Br)cc1CSc1nnc(C2CC2)n1N. The first kappa shape index (κ1) is 13.8. The number of aromatic nitrogens is 3. The van der Waals surface area contributed by atoms with Crippen molar-refractivity contribution in [3.05, 3.63) is 34.1 Å². The molecule has 2 aromatic rings. The molecule has 0 unspecified atom stereocenters. The molecule has 3 rings (SSSR count). The Bertz CT molecular complexity index is 627. The third-order valence-corrected chi connectivity index (χ3v) is 4.72. The Kier molecular flexibility index (Phi) is 3.89. The average molecular weight is 355 g/mol. The molecule has 7 heteroatoms. The van der Waals surface area contributed by atoms with Gasteiger partial charge in [0.05, 0.1) is 7.11 Å². The van der Waals surface area contributed by atoms with Crippen LogP contribution in [-0.2, 0) is 5.75 Å². The maximum Gasteiger partial charge on any atom is 0.210 e. The summed E-state index contributed by atoms with van der Waals surface area (Å²) in [6.45, 7) is 0. The minimum absolute atomic E-state index is 0.502. The third-order valence-electron chi connectivity index (χ3n) is 3.23. The second kappa shape index (κ2) is 5.65. The highest BCUT2D eigenvalue weighted by Crippen LogP contribution is 2.39. The van der Waals surface area contributed by atoms with Gasteiger partial charge in [-0.05, 0) is 31.0 Å². The first-order valence-corrected chi connectivity index (χ1v) is 8.12. The fourth-order valence-corrected chi connectivity index (χ4v) is 3.26. The molecule has 0 spiro atoms. The molecule has 1 aromatic carbocycles. The number of thioether (sulfide) groups is 1. The Morgan fingerprint density at radius 1 is 1.45 bits per heavy atom. The van der Waals surface area contributed by atoms with E-state index < -0.39 is 0 Å². The van der Waals surface area contributed by atoms with Gasteiger partial charge in [0, 0.05) is 21.7 Å². The van der Waals surface area contributed by atoms with Crippen molar-refractivity contribution < 1.29 is 4.74 Å². The highest BCUT2D eigenvalue weighted by atomic mass is 79.9. The van der Waals surface area contributed by atoms with Crippen LogP contribution in [0.5, 0.6) is 5.75 Å². The molecule has 1 aromatic heterocycles. The number of nitrogen functional groups attached to an aromatic ring is 1. The van der Waals surface area contributed by atoms with Crippen LogP contribution in [0.25, 0.3) is 0 Å². The van der Waals surface area contributed by atoms with E-state index >= 15 is 0 Å². The van der Waals surface area contributed by atoms with Gasteiger partial charge in [-0.25, -0.2) is 4.68 Å². The normalized spacial score (nSPS) is 14.5. The standard InChI is InChI=1S/C13H15BrN4OS/c1-19-11-5-4-10(14)6-9(11)7-20-13-17-16-12(18(13)15)8-2-3-8/h4-6,8H,2-3,7,15H2,1H3. The largest absolute Gasteiger partial charge is 0.496 e. The summed E-state index contributed by atoms with van der Waals surface area (Å²) < 4.78 is 8.01. The molecule has 2 N–H and O–H groups in total. The Labute approximate surface area is 130 Å². The molecule has 0 atom stereocenters. The summed E-state index contributed by atoms with van der Waals surface area (Å²) in [6.07, 6.45) is 2.33. The Balaban J connectivity index is 1.74. The van der Waals surface area contributed by atoms with E-state index in [1.54, 1.807) is 23.5 Å². The van der Waals surface area contributed by atoms with E-state index in [9.17, 15) is 0 Å². The summed E-state index contributed by atoms with van der Waals surface area (Å²) in [4.78, 5) is 0. The van der Waals surface area contributed by atoms with E-state index in [0.717, 1.165) is 32.5 Å². The zero-order chi connectivity index (χ0) is 14.1. The molecule has 1 heterocycles. The number of halogens is 1. The molecule has 106 valence electrons. The summed E-state index contributed by atoms with van der Waals surface area (Å²) >= 11 is 5.04. The van der Waals surface area contributed by atoms with E-state index in [2.05, 4.69) is 26.1 Å². The summed E-state index contributed by atoms with van der Waals surface area (Å²) in [6, 6.07) is 5.96. The summed E-state index contributed by atoms with van der Waals surface area (Å²) in [5.41, 5.74) is 1.10. The number of hydrogen-bond acceptors (Lipinski definition) is 5. The lowest BCUT2D eigenvalue weighted by Gasteiger charge is -2.08. The van der Waals surface area contributed by atoms with Gasteiger partial charge >= 0.3 is 0 Å². The van der Waals surface area contributed by atoms with Crippen LogP contribution in [0.4, 0.5) is 0 Å². The molecule has 0 aliphatic heterocycles. The molecular formula is C13H15BrN4OS. The highest BCUT2D eigenvalue weighted by molar-refractivity contribution is 9.10. The van der Waals surface area contributed by atoms with Crippen LogP contribution in [0.15, 0.2) is 27.8 Å². The summed E-state index contributed by atoms with van der Waals surface area (Å²) in [5.74, 6) is 9.04. The zero-order valence-electron chi connectivity index (χ0n) is 11.0. The second-order valence-corrected chi connectivity index (χ2v) is 6.59. The lowest BCUT2D eigenvalue weighted by molar-refractivity contribution is 0.411. The van der Waals surface area contributed by atoms with Crippen molar-refractivity contribution in [2.24, 2.45) is 0 Å². The molecule has 1 fully saturated rings. The fraction of sp³-hybridized carbons (Fsp3) is 0.385. The molecule has 0 bridgehead atoms. The van der Waals surface area contributed by atoms with Crippen LogP contribution in [0.2, 0.25) is 0 Å². The van der Waals surface area contributed by atoms with Crippen molar-refractivity contribution in [2.75, 3.05) is 13.0 Å². The van der Waals surface area contributed by atoms with Gasteiger partial charge in [0.25, 0.3) is 0 Å². The Morgan fingerprint density at radius 3 is 2.95 bits per heavy atom. The lowest BCUT2D eigenvalue weighted by atomic mass is 10.2. The molecule has 0 saturated heterocycles. The molecule has 0 amide bonds. The van der Waals surface area contributed by atoms with Gasteiger partial charge in [-0.1, -0.05) is 27.7 Å². The number of nitrogens with zero attached hydrogens (tertiary/aromatic N) is 3. The van der Waals surface area contributed by atoms with E-state index in [4.69, 9.17) is 10.6 Å². The first-order valence-electron chi connectivity index (χ1n) is 6.34. The number of nitrogens with two attached hydrogens (primary N) is 1.